The predicted molar refractivity (Wildman–Crippen MR) is 221 cm³/mol. The molecule has 1 saturated heterocycles. The van der Waals surface area contributed by atoms with Crippen LogP contribution in [0.25, 0.3) is 0 Å². The number of benzene rings is 2. The van der Waals surface area contributed by atoms with E-state index in [1.807, 2.05) is 5.29 Å². The molecule has 4 fully saturated rings. The molecule has 1 aliphatic heterocycles. The molecular weight excluding hydrogens is 624 g/mol. The van der Waals surface area contributed by atoms with E-state index in [1.165, 1.54) is 136 Å². The maximum absolute atomic E-state index is 3.72. The van der Waals surface area contributed by atoms with Gasteiger partial charge in [0.05, 0.1) is 0 Å². The van der Waals surface area contributed by atoms with Crippen LogP contribution in [0, 0.1) is 41.5 Å². The summed E-state index contributed by atoms with van der Waals surface area (Å²) in [6, 6.07) is 9.89. The molecule has 50 heavy (non-hydrogen) atoms. The molecule has 0 bridgehead atoms. The maximum atomic E-state index is 3.72. The van der Waals surface area contributed by atoms with Crippen LogP contribution in [0.2, 0.25) is 0 Å². The lowest BCUT2D eigenvalue weighted by Gasteiger charge is -2.53. The van der Waals surface area contributed by atoms with Gasteiger partial charge in [0.15, 0.2) is 0 Å². The van der Waals surface area contributed by atoms with Crippen molar-refractivity contribution in [3.8, 4) is 0 Å². The number of hydrogen-bond acceptors (Lipinski definition) is 2. The molecule has 270 valence electrons. The normalized spacial score (nSPS) is 22.8. The summed E-state index contributed by atoms with van der Waals surface area (Å²) in [5.41, 5.74) is 17.7. The van der Waals surface area contributed by atoms with Crippen LogP contribution in [0.1, 0.15) is 153 Å². The standard InChI is InChI=1S/C47H67N2P/c1-32-26-34(3)45(35(4)27-32)43-30-38(22-23-42(43)47-48-24-25-49-47)31-44(46-36(5)28-33(2)29-37(46)6)50(39-16-10-7-11-17-39,40-18-12-8-13-19-40)41-20-14-9-15-21-41/h22-23,26-30,39-41,43,48-49H,7-21,24-25,31H2,1-6H3. The van der Waals surface area contributed by atoms with Gasteiger partial charge in [0.25, 0.3) is 0 Å². The minimum absolute atomic E-state index is 0.261. The summed E-state index contributed by atoms with van der Waals surface area (Å²) >= 11 is 0. The molecule has 5 aliphatic rings. The van der Waals surface area contributed by atoms with Crippen molar-refractivity contribution in [2.24, 2.45) is 0 Å². The fourth-order valence-corrected chi connectivity index (χ4v) is 19.9. The molecule has 7 rings (SSSR count). The molecule has 1 unspecified atom stereocenters. The minimum atomic E-state index is -1.54. The second kappa shape index (κ2) is 15.7. The fourth-order valence-electron chi connectivity index (χ4n) is 11.9. The number of hydrogen-bond donors (Lipinski definition) is 2. The molecule has 4 aliphatic carbocycles. The van der Waals surface area contributed by atoms with Crippen LogP contribution >= 0.6 is 6.89 Å². The van der Waals surface area contributed by atoms with Crippen molar-refractivity contribution in [1.29, 1.82) is 0 Å². The highest BCUT2D eigenvalue weighted by atomic mass is 31.2. The van der Waals surface area contributed by atoms with Gasteiger partial charge in [-0.05, 0) is 148 Å². The van der Waals surface area contributed by atoms with Gasteiger partial charge in [0, 0.05) is 24.6 Å². The molecule has 2 nitrogen and oxygen atoms in total. The van der Waals surface area contributed by atoms with Gasteiger partial charge < -0.3 is 10.6 Å². The van der Waals surface area contributed by atoms with Crippen molar-refractivity contribution in [3.05, 3.63) is 104 Å². The third kappa shape index (κ3) is 7.01. The van der Waals surface area contributed by atoms with Crippen LogP contribution in [-0.4, -0.2) is 35.4 Å². The van der Waals surface area contributed by atoms with Crippen molar-refractivity contribution in [3.63, 3.8) is 0 Å². The van der Waals surface area contributed by atoms with Crippen LogP contribution in [0.4, 0.5) is 0 Å². The van der Waals surface area contributed by atoms with Crippen LogP contribution in [0.15, 0.2) is 59.5 Å². The summed E-state index contributed by atoms with van der Waals surface area (Å²) in [6.07, 6.45) is 30.9. The Morgan fingerprint density at radius 2 is 1.02 bits per heavy atom. The van der Waals surface area contributed by atoms with Crippen LogP contribution in [-0.2, 0) is 0 Å². The smallest absolute Gasteiger partial charge is 0.103 e. The largest absolute Gasteiger partial charge is 0.370 e. The number of allylic oxidation sites excluding steroid dienone is 5. The molecule has 1 atom stereocenters. The van der Waals surface area contributed by atoms with Gasteiger partial charge in [-0.2, -0.15) is 0 Å². The fraction of sp³-hybridized carbons (Fsp3) is 0.596. The summed E-state index contributed by atoms with van der Waals surface area (Å²) < 4.78 is 0. The van der Waals surface area contributed by atoms with Crippen LogP contribution in [0.3, 0.4) is 0 Å². The molecule has 0 spiro atoms. The molecule has 3 saturated carbocycles. The molecular formula is C47H67N2P. The highest BCUT2D eigenvalue weighted by Gasteiger charge is 2.45. The Morgan fingerprint density at radius 3 is 1.48 bits per heavy atom. The summed E-state index contributed by atoms with van der Waals surface area (Å²) in [7, 11) is 0. The van der Waals surface area contributed by atoms with E-state index >= 15 is 0 Å². The van der Waals surface area contributed by atoms with Crippen molar-refractivity contribution in [2.75, 3.05) is 13.1 Å². The zero-order valence-electron chi connectivity index (χ0n) is 32.5. The van der Waals surface area contributed by atoms with Gasteiger partial charge in [-0.3, -0.25) is 0 Å². The Labute approximate surface area is 306 Å². The first-order chi connectivity index (χ1) is 24.3. The molecule has 2 aromatic carbocycles. The molecule has 0 amide bonds. The Balaban J connectivity index is 1.50. The van der Waals surface area contributed by atoms with Gasteiger partial charge in [-0.25, -0.2) is 0 Å². The summed E-state index contributed by atoms with van der Waals surface area (Å²) in [5, 5.41) is 9.41. The second-order valence-electron chi connectivity index (χ2n) is 17.2. The van der Waals surface area contributed by atoms with E-state index in [9.17, 15) is 0 Å². The Kier molecular flexibility index (Phi) is 11.3. The van der Waals surface area contributed by atoms with Gasteiger partial charge in [-0.15, -0.1) is 0 Å². The average molecular weight is 691 g/mol. The lowest BCUT2D eigenvalue weighted by Crippen LogP contribution is -2.36. The van der Waals surface area contributed by atoms with E-state index in [1.54, 1.807) is 22.3 Å². The molecule has 1 heterocycles. The summed E-state index contributed by atoms with van der Waals surface area (Å²) in [5.74, 6) is 1.50. The second-order valence-corrected chi connectivity index (χ2v) is 21.6. The molecule has 2 N–H and O–H groups in total. The monoisotopic (exact) mass is 691 g/mol. The quantitative estimate of drug-likeness (QED) is 0.283. The van der Waals surface area contributed by atoms with Crippen molar-refractivity contribution >= 4 is 12.2 Å². The average Bonchev–Trinajstić information content (AvgIpc) is 3.64. The van der Waals surface area contributed by atoms with E-state index in [0.29, 0.717) is 0 Å². The first-order valence-electron chi connectivity index (χ1n) is 20.8. The van der Waals surface area contributed by atoms with Crippen molar-refractivity contribution < 1.29 is 0 Å². The third-order valence-electron chi connectivity index (χ3n) is 13.6. The highest BCUT2D eigenvalue weighted by Crippen LogP contribution is 2.71. The Hall–Kier alpha value is -2.44. The molecule has 0 radical (unpaired) electrons. The molecule has 2 aromatic rings. The molecule has 0 aromatic heterocycles. The predicted octanol–water partition coefficient (Wildman–Crippen LogP) is 12.1. The number of rotatable bonds is 7. The minimum Gasteiger partial charge on any atom is -0.370 e. The van der Waals surface area contributed by atoms with Gasteiger partial charge >= 0.3 is 0 Å². The maximum Gasteiger partial charge on any atom is 0.103 e. The Bertz CT molecular complexity index is 1590. The van der Waals surface area contributed by atoms with Crippen molar-refractivity contribution in [1.82, 2.24) is 10.6 Å². The lowest BCUT2D eigenvalue weighted by atomic mass is 9.79. The van der Waals surface area contributed by atoms with Crippen LogP contribution < -0.4 is 10.6 Å². The summed E-state index contributed by atoms with van der Waals surface area (Å²) in [6.45, 7) is 14.7. The number of aryl methyl sites for hydroxylation is 6. The van der Waals surface area contributed by atoms with E-state index in [2.05, 4.69) is 94.7 Å². The summed E-state index contributed by atoms with van der Waals surface area (Å²) in [4.78, 5) is 0. The van der Waals surface area contributed by atoms with Gasteiger partial charge in [0.1, 0.15) is 5.82 Å². The zero-order valence-corrected chi connectivity index (χ0v) is 33.4. The van der Waals surface area contributed by atoms with Gasteiger partial charge in [-0.1, -0.05) is 118 Å². The first kappa shape index (κ1) is 35.9. The van der Waals surface area contributed by atoms with E-state index in [4.69, 9.17) is 0 Å². The van der Waals surface area contributed by atoms with Crippen LogP contribution in [0.5, 0.6) is 0 Å². The SMILES string of the molecule is Cc1cc(C)c(C(CC2=CC(c3c(C)cc(C)cc3C)C(=C3NCCN3)C=C2)=P(C2CCCCC2)(C2CCCCC2)C2CCCCC2)c(C)c1. The van der Waals surface area contributed by atoms with E-state index in [-0.39, 0.29) is 5.92 Å². The third-order valence-corrected chi connectivity index (χ3v) is 20.1. The molecule has 3 heteroatoms. The number of nitrogens with one attached hydrogen (secondary N) is 2. The Morgan fingerprint density at radius 1 is 0.580 bits per heavy atom. The van der Waals surface area contributed by atoms with E-state index in [0.717, 1.165) is 36.5 Å². The zero-order chi connectivity index (χ0) is 34.8. The first-order valence-corrected chi connectivity index (χ1v) is 22.8. The lowest BCUT2D eigenvalue weighted by molar-refractivity contribution is 0.458. The van der Waals surface area contributed by atoms with Gasteiger partial charge in [0.2, 0.25) is 0 Å². The van der Waals surface area contributed by atoms with Crippen molar-refractivity contribution in [2.45, 2.75) is 167 Å². The van der Waals surface area contributed by atoms with E-state index < -0.39 is 6.89 Å². The topological polar surface area (TPSA) is 24.1 Å². The highest BCUT2D eigenvalue weighted by molar-refractivity contribution is 7.78.